The highest BCUT2D eigenvalue weighted by atomic mass is 16.5. The van der Waals surface area contributed by atoms with E-state index in [4.69, 9.17) is 9.84 Å². The maximum Gasteiger partial charge on any atom is 0.407 e. The number of piperidine rings is 1. The number of hydrogen-bond donors (Lipinski definition) is 1. The van der Waals surface area contributed by atoms with E-state index >= 15 is 0 Å². The van der Waals surface area contributed by atoms with E-state index in [2.05, 4.69) is 0 Å². The number of ether oxygens (including phenoxy) is 1. The van der Waals surface area contributed by atoms with Crippen molar-refractivity contribution in [2.24, 2.45) is 11.3 Å². The van der Waals surface area contributed by atoms with Gasteiger partial charge in [-0.25, -0.2) is 4.79 Å². The molecule has 1 rings (SSSR count). The van der Waals surface area contributed by atoms with Gasteiger partial charge in [-0.1, -0.05) is 20.8 Å². The fourth-order valence-electron chi connectivity index (χ4n) is 1.79. The third kappa shape index (κ3) is 3.89. The number of nitrogens with zero attached hydrogens (tertiary/aromatic N) is 1. The van der Waals surface area contributed by atoms with Crippen molar-refractivity contribution in [1.29, 1.82) is 0 Å². The average molecular weight is 257 g/mol. The zero-order chi connectivity index (χ0) is 13.9. The van der Waals surface area contributed by atoms with Gasteiger partial charge in [0.15, 0.2) is 0 Å². The van der Waals surface area contributed by atoms with E-state index in [1.54, 1.807) is 0 Å². The minimum absolute atomic E-state index is 0.100. The smallest absolute Gasteiger partial charge is 0.407 e. The molecule has 1 saturated heterocycles. The number of amides is 1. The molecule has 1 heterocycles. The molecule has 0 bridgehead atoms. The summed E-state index contributed by atoms with van der Waals surface area (Å²) in [4.78, 5) is 24.1. The Morgan fingerprint density at radius 2 is 2.00 bits per heavy atom. The first-order valence-electron chi connectivity index (χ1n) is 6.40. The Balaban J connectivity index is 2.54. The summed E-state index contributed by atoms with van der Waals surface area (Å²) >= 11 is 0. The summed E-state index contributed by atoms with van der Waals surface area (Å²) < 4.78 is 5.42. The first-order chi connectivity index (χ1) is 8.21. The Morgan fingerprint density at radius 1 is 1.39 bits per heavy atom. The second kappa shape index (κ2) is 5.59. The predicted octanol–water partition coefficient (Wildman–Crippen LogP) is 2.35. The van der Waals surface area contributed by atoms with E-state index in [-0.39, 0.29) is 30.0 Å². The number of hydrogen-bond acceptors (Lipinski definition) is 3. The first kappa shape index (κ1) is 14.8. The Hall–Kier alpha value is -1.26. The normalized spacial score (nSPS) is 22.4. The van der Waals surface area contributed by atoms with Gasteiger partial charge in [-0.2, -0.15) is 0 Å². The molecule has 1 N–H and O–H groups in total. The number of carboxylic acid groups (broad SMARTS) is 1. The van der Waals surface area contributed by atoms with E-state index < -0.39 is 6.09 Å². The van der Waals surface area contributed by atoms with Crippen LogP contribution in [-0.2, 0) is 9.53 Å². The van der Waals surface area contributed by atoms with E-state index in [1.807, 2.05) is 27.7 Å². The summed E-state index contributed by atoms with van der Waals surface area (Å²) in [6, 6.07) is 0. The third-order valence-electron chi connectivity index (χ3n) is 3.54. The van der Waals surface area contributed by atoms with Crippen LogP contribution in [0.25, 0.3) is 0 Å². The Kier molecular flexibility index (Phi) is 4.59. The largest absolute Gasteiger partial charge is 0.465 e. The molecule has 1 fully saturated rings. The van der Waals surface area contributed by atoms with Crippen LogP contribution in [0.5, 0.6) is 0 Å². The Labute approximate surface area is 108 Å². The van der Waals surface area contributed by atoms with Crippen LogP contribution in [0.1, 0.15) is 40.5 Å². The molecule has 0 aromatic rings. The average Bonchev–Trinajstić information content (AvgIpc) is 2.27. The van der Waals surface area contributed by atoms with Crippen molar-refractivity contribution in [2.45, 2.75) is 46.6 Å². The van der Waals surface area contributed by atoms with Crippen LogP contribution in [-0.4, -0.2) is 41.3 Å². The zero-order valence-electron chi connectivity index (χ0n) is 11.6. The highest BCUT2D eigenvalue weighted by molar-refractivity contribution is 5.74. The number of rotatable bonds is 2. The van der Waals surface area contributed by atoms with Gasteiger partial charge in [-0.3, -0.25) is 4.79 Å². The maximum atomic E-state index is 12.0. The molecule has 1 aliphatic rings. The van der Waals surface area contributed by atoms with Gasteiger partial charge in [0.05, 0.1) is 5.92 Å². The standard InChI is InChI=1S/C13H23NO4/c1-9(13(2,3)4)18-11(15)10-6-5-7-14(8-10)12(16)17/h9-10H,5-8H2,1-4H3,(H,16,17). The van der Waals surface area contributed by atoms with Crippen molar-refractivity contribution in [2.75, 3.05) is 13.1 Å². The van der Waals surface area contributed by atoms with Gasteiger partial charge in [-0.15, -0.1) is 0 Å². The fourth-order valence-corrected chi connectivity index (χ4v) is 1.79. The number of esters is 1. The highest BCUT2D eigenvalue weighted by Gasteiger charge is 2.32. The van der Waals surface area contributed by atoms with Gasteiger partial charge >= 0.3 is 12.1 Å². The molecule has 0 saturated carbocycles. The van der Waals surface area contributed by atoms with Crippen molar-refractivity contribution >= 4 is 12.1 Å². The molecule has 0 aromatic carbocycles. The Bertz CT molecular complexity index is 321. The van der Waals surface area contributed by atoms with Crippen LogP contribution < -0.4 is 0 Å². The molecular formula is C13H23NO4. The van der Waals surface area contributed by atoms with Gasteiger partial charge in [0.1, 0.15) is 6.10 Å². The summed E-state index contributed by atoms with van der Waals surface area (Å²) in [7, 11) is 0. The second-order valence-corrected chi connectivity index (χ2v) is 6.01. The lowest BCUT2D eigenvalue weighted by Gasteiger charge is -2.32. The van der Waals surface area contributed by atoms with Gasteiger partial charge in [0.2, 0.25) is 0 Å². The van der Waals surface area contributed by atoms with Crippen LogP contribution in [0, 0.1) is 11.3 Å². The quantitative estimate of drug-likeness (QED) is 0.771. The van der Waals surface area contributed by atoms with Crippen molar-refractivity contribution in [1.82, 2.24) is 4.90 Å². The minimum atomic E-state index is -0.962. The number of carbonyl (C=O) groups is 2. The minimum Gasteiger partial charge on any atom is -0.465 e. The molecule has 5 heteroatoms. The Morgan fingerprint density at radius 3 is 2.50 bits per heavy atom. The molecule has 0 aromatic heterocycles. The molecule has 2 atom stereocenters. The predicted molar refractivity (Wildman–Crippen MR) is 67.3 cm³/mol. The lowest BCUT2D eigenvalue weighted by atomic mass is 9.90. The summed E-state index contributed by atoms with van der Waals surface area (Å²) in [6.07, 6.45) is 0.289. The van der Waals surface area contributed by atoms with Gasteiger partial charge in [-0.05, 0) is 25.2 Å². The van der Waals surface area contributed by atoms with E-state index in [0.717, 1.165) is 6.42 Å². The van der Waals surface area contributed by atoms with Crippen LogP contribution in [0.4, 0.5) is 4.79 Å². The molecule has 1 aliphatic heterocycles. The molecule has 0 radical (unpaired) electrons. The molecule has 104 valence electrons. The third-order valence-corrected chi connectivity index (χ3v) is 3.54. The molecule has 0 aliphatic carbocycles. The van der Waals surface area contributed by atoms with Crippen molar-refractivity contribution in [3.8, 4) is 0 Å². The van der Waals surface area contributed by atoms with Gasteiger partial charge in [0.25, 0.3) is 0 Å². The molecule has 5 nitrogen and oxygen atoms in total. The van der Waals surface area contributed by atoms with Crippen LogP contribution in [0.15, 0.2) is 0 Å². The number of likely N-dealkylation sites (tertiary alicyclic amines) is 1. The van der Waals surface area contributed by atoms with Crippen LogP contribution >= 0.6 is 0 Å². The lowest BCUT2D eigenvalue weighted by molar-refractivity contribution is -0.159. The summed E-state index contributed by atoms with van der Waals surface area (Å²) in [5.74, 6) is -0.594. The molecular weight excluding hydrogens is 234 g/mol. The first-order valence-corrected chi connectivity index (χ1v) is 6.40. The monoisotopic (exact) mass is 257 g/mol. The van der Waals surface area contributed by atoms with Crippen LogP contribution in [0.3, 0.4) is 0 Å². The lowest BCUT2D eigenvalue weighted by Crippen LogP contribution is -2.43. The number of carbonyl (C=O) groups excluding carboxylic acids is 1. The summed E-state index contributed by atoms with van der Waals surface area (Å²) in [5, 5.41) is 8.92. The second-order valence-electron chi connectivity index (χ2n) is 6.01. The topological polar surface area (TPSA) is 66.8 Å². The zero-order valence-corrected chi connectivity index (χ0v) is 11.6. The maximum absolute atomic E-state index is 12.0. The SMILES string of the molecule is CC(OC(=O)C1CCCN(C(=O)O)C1)C(C)(C)C. The van der Waals surface area contributed by atoms with Gasteiger partial charge < -0.3 is 14.7 Å². The fraction of sp³-hybridized carbons (Fsp3) is 0.846. The van der Waals surface area contributed by atoms with Crippen molar-refractivity contribution < 1.29 is 19.4 Å². The molecule has 1 amide bonds. The van der Waals surface area contributed by atoms with Crippen LogP contribution in [0.2, 0.25) is 0 Å². The van der Waals surface area contributed by atoms with Crippen molar-refractivity contribution in [3.05, 3.63) is 0 Å². The summed E-state index contributed by atoms with van der Waals surface area (Å²) in [5.41, 5.74) is -0.100. The van der Waals surface area contributed by atoms with E-state index in [1.165, 1.54) is 4.90 Å². The molecule has 18 heavy (non-hydrogen) atoms. The molecule has 0 spiro atoms. The van der Waals surface area contributed by atoms with Gasteiger partial charge in [0, 0.05) is 13.1 Å². The highest BCUT2D eigenvalue weighted by Crippen LogP contribution is 2.25. The van der Waals surface area contributed by atoms with E-state index in [9.17, 15) is 9.59 Å². The van der Waals surface area contributed by atoms with E-state index in [0.29, 0.717) is 13.0 Å². The van der Waals surface area contributed by atoms with Crippen molar-refractivity contribution in [3.63, 3.8) is 0 Å². The molecule has 2 unspecified atom stereocenters. The summed E-state index contributed by atoms with van der Waals surface area (Å²) in [6.45, 7) is 8.66.